The molecule has 0 bridgehead atoms. The maximum Gasteiger partial charge on any atom is 0.359 e. The van der Waals surface area contributed by atoms with Gasteiger partial charge in [0, 0.05) is 18.3 Å². The molecule has 1 N–H and O–H groups in total. The maximum atomic E-state index is 12.1. The second-order valence-electron chi connectivity index (χ2n) is 6.49. The summed E-state index contributed by atoms with van der Waals surface area (Å²) < 4.78 is 6.17. The van der Waals surface area contributed by atoms with E-state index in [2.05, 4.69) is 20.6 Å². The fraction of sp³-hybridized carbons (Fsp3) is 0.182. The number of carbonyl (C=O) groups excluding carboxylic acids is 2. The van der Waals surface area contributed by atoms with Gasteiger partial charge >= 0.3 is 5.97 Å². The molecule has 0 saturated heterocycles. The number of anilines is 1. The van der Waals surface area contributed by atoms with Gasteiger partial charge in [0.2, 0.25) is 0 Å². The third kappa shape index (κ3) is 6.43. The van der Waals surface area contributed by atoms with Crippen LogP contribution in [0.5, 0.6) is 0 Å². The Labute approximate surface area is 178 Å². The summed E-state index contributed by atoms with van der Waals surface area (Å²) in [6, 6.07) is 18.6. The summed E-state index contributed by atoms with van der Waals surface area (Å²) in [5.41, 5.74) is 1.55. The molecule has 0 unspecified atom stereocenters. The number of ether oxygens (including phenoxy) is 1. The van der Waals surface area contributed by atoms with E-state index in [-0.39, 0.29) is 11.3 Å². The fourth-order valence-corrected chi connectivity index (χ4v) is 2.55. The van der Waals surface area contributed by atoms with Crippen molar-refractivity contribution in [2.24, 2.45) is 10.2 Å². The van der Waals surface area contributed by atoms with Crippen LogP contribution in [-0.4, -0.2) is 28.3 Å². The van der Waals surface area contributed by atoms with Crippen molar-refractivity contribution >= 4 is 28.9 Å². The topological polar surface area (TPSA) is 115 Å². The SMILES string of the molecule is CCCn1nc(C(=O)OCC(=O)Nc2ccc(N=Nc3ccccc3)cc2)ccc1=O. The van der Waals surface area contributed by atoms with E-state index in [4.69, 9.17) is 4.74 Å². The number of hydrogen-bond acceptors (Lipinski definition) is 7. The number of benzene rings is 2. The smallest absolute Gasteiger partial charge is 0.359 e. The van der Waals surface area contributed by atoms with Gasteiger partial charge in [-0.1, -0.05) is 25.1 Å². The van der Waals surface area contributed by atoms with Crippen molar-refractivity contribution in [1.29, 1.82) is 0 Å². The lowest BCUT2D eigenvalue weighted by molar-refractivity contribution is -0.119. The second kappa shape index (κ2) is 10.6. The Kier molecular flexibility index (Phi) is 7.36. The van der Waals surface area contributed by atoms with E-state index >= 15 is 0 Å². The van der Waals surface area contributed by atoms with Gasteiger partial charge < -0.3 is 10.1 Å². The Morgan fingerprint density at radius 1 is 0.968 bits per heavy atom. The summed E-state index contributed by atoms with van der Waals surface area (Å²) in [7, 11) is 0. The second-order valence-corrected chi connectivity index (χ2v) is 6.49. The number of esters is 1. The van der Waals surface area contributed by atoms with Crippen LogP contribution in [-0.2, 0) is 16.1 Å². The van der Waals surface area contributed by atoms with Crippen LogP contribution in [0.4, 0.5) is 17.1 Å². The Hall–Kier alpha value is -4.14. The minimum Gasteiger partial charge on any atom is -0.451 e. The number of aryl methyl sites for hydroxylation is 1. The van der Waals surface area contributed by atoms with Crippen LogP contribution in [0, 0.1) is 0 Å². The van der Waals surface area contributed by atoms with Crippen LogP contribution in [0.3, 0.4) is 0 Å². The summed E-state index contributed by atoms with van der Waals surface area (Å²) >= 11 is 0. The lowest BCUT2D eigenvalue weighted by Gasteiger charge is -2.08. The predicted molar refractivity (Wildman–Crippen MR) is 115 cm³/mol. The molecule has 9 heteroatoms. The first-order valence-electron chi connectivity index (χ1n) is 9.67. The molecule has 0 spiro atoms. The maximum absolute atomic E-state index is 12.1. The van der Waals surface area contributed by atoms with Gasteiger partial charge in [-0.2, -0.15) is 15.3 Å². The quantitative estimate of drug-likeness (QED) is 0.440. The molecule has 31 heavy (non-hydrogen) atoms. The first-order chi connectivity index (χ1) is 15.0. The van der Waals surface area contributed by atoms with E-state index < -0.39 is 18.5 Å². The summed E-state index contributed by atoms with van der Waals surface area (Å²) in [4.78, 5) is 35.8. The van der Waals surface area contributed by atoms with Crippen molar-refractivity contribution in [1.82, 2.24) is 9.78 Å². The van der Waals surface area contributed by atoms with Crippen molar-refractivity contribution in [3.63, 3.8) is 0 Å². The molecule has 0 radical (unpaired) electrons. The van der Waals surface area contributed by atoms with Gasteiger partial charge in [0.05, 0.1) is 11.4 Å². The summed E-state index contributed by atoms with van der Waals surface area (Å²) in [6.45, 7) is 1.80. The van der Waals surface area contributed by atoms with Crippen molar-refractivity contribution in [3.8, 4) is 0 Å². The molecule has 3 aromatic rings. The average molecular weight is 419 g/mol. The van der Waals surface area contributed by atoms with E-state index in [1.165, 1.54) is 16.8 Å². The van der Waals surface area contributed by atoms with Gasteiger partial charge in [-0.05, 0) is 48.9 Å². The number of azo groups is 1. The number of hydrogen-bond donors (Lipinski definition) is 1. The molecule has 9 nitrogen and oxygen atoms in total. The normalized spacial score (nSPS) is 10.7. The first kappa shape index (κ1) is 21.6. The van der Waals surface area contributed by atoms with Crippen molar-refractivity contribution in [2.45, 2.75) is 19.9 Å². The van der Waals surface area contributed by atoms with Gasteiger partial charge in [-0.15, -0.1) is 0 Å². The summed E-state index contributed by atoms with van der Waals surface area (Å²) in [5.74, 6) is -1.29. The van der Waals surface area contributed by atoms with Gasteiger partial charge in [-0.25, -0.2) is 9.48 Å². The zero-order valence-corrected chi connectivity index (χ0v) is 16.9. The molecule has 1 aromatic heterocycles. The molecule has 0 aliphatic carbocycles. The van der Waals surface area contributed by atoms with E-state index in [0.717, 1.165) is 5.69 Å². The third-order valence-corrected chi connectivity index (χ3v) is 4.03. The van der Waals surface area contributed by atoms with Gasteiger partial charge in [-0.3, -0.25) is 9.59 Å². The van der Waals surface area contributed by atoms with Crippen LogP contribution in [0.1, 0.15) is 23.8 Å². The van der Waals surface area contributed by atoms with Crippen LogP contribution in [0.15, 0.2) is 81.8 Å². The largest absolute Gasteiger partial charge is 0.451 e. The van der Waals surface area contributed by atoms with Crippen molar-refractivity contribution < 1.29 is 14.3 Å². The highest BCUT2D eigenvalue weighted by molar-refractivity contribution is 5.94. The highest BCUT2D eigenvalue weighted by Gasteiger charge is 2.13. The van der Waals surface area contributed by atoms with Crippen molar-refractivity contribution in [3.05, 3.63) is 82.8 Å². The molecule has 0 saturated carbocycles. The number of aromatic nitrogens is 2. The van der Waals surface area contributed by atoms with Gasteiger partial charge in [0.1, 0.15) is 0 Å². The van der Waals surface area contributed by atoms with E-state index in [1.807, 2.05) is 37.3 Å². The van der Waals surface area contributed by atoms with Gasteiger partial charge in [0.15, 0.2) is 12.3 Å². The zero-order valence-electron chi connectivity index (χ0n) is 16.9. The van der Waals surface area contributed by atoms with Crippen LogP contribution in [0.25, 0.3) is 0 Å². The molecule has 3 rings (SSSR count). The molecule has 0 atom stereocenters. The van der Waals surface area contributed by atoms with E-state index in [1.54, 1.807) is 24.3 Å². The lowest BCUT2D eigenvalue weighted by atomic mass is 10.3. The molecule has 0 fully saturated rings. The highest BCUT2D eigenvalue weighted by atomic mass is 16.5. The van der Waals surface area contributed by atoms with Crippen LogP contribution in [0.2, 0.25) is 0 Å². The van der Waals surface area contributed by atoms with Crippen molar-refractivity contribution in [2.75, 3.05) is 11.9 Å². The van der Waals surface area contributed by atoms with Gasteiger partial charge in [0.25, 0.3) is 11.5 Å². The Morgan fingerprint density at radius 2 is 1.65 bits per heavy atom. The number of rotatable bonds is 8. The molecule has 0 aliphatic rings. The third-order valence-electron chi connectivity index (χ3n) is 4.03. The zero-order chi connectivity index (χ0) is 22.1. The molecule has 1 amide bonds. The van der Waals surface area contributed by atoms with Crippen LogP contribution < -0.4 is 10.9 Å². The monoisotopic (exact) mass is 419 g/mol. The first-order valence-corrected chi connectivity index (χ1v) is 9.67. The van der Waals surface area contributed by atoms with E-state index in [0.29, 0.717) is 24.3 Å². The lowest BCUT2D eigenvalue weighted by Crippen LogP contribution is -2.26. The molecule has 158 valence electrons. The molecular weight excluding hydrogens is 398 g/mol. The highest BCUT2D eigenvalue weighted by Crippen LogP contribution is 2.20. The number of amides is 1. The molecular formula is C22H21N5O4. The minimum absolute atomic E-state index is 0.0334. The molecule has 2 aromatic carbocycles. The Balaban J connectivity index is 1.51. The Bertz CT molecular complexity index is 1120. The minimum atomic E-state index is -0.781. The predicted octanol–water partition coefficient (Wildman–Crippen LogP) is 3.86. The number of carbonyl (C=O) groups is 2. The average Bonchev–Trinajstić information content (AvgIpc) is 2.79. The number of nitrogens with one attached hydrogen (secondary N) is 1. The fourth-order valence-electron chi connectivity index (χ4n) is 2.55. The summed E-state index contributed by atoms with van der Waals surface area (Å²) in [6.07, 6.45) is 0.695. The summed E-state index contributed by atoms with van der Waals surface area (Å²) in [5, 5.41) is 14.8. The van der Waals surface area contributed by atoms with E-state index in [9.17, 15) is 14.4 Å². The Morgan fingerprint density at radius 3 is 2.32 bits per heavy atom. The standard InChI is InChI=1S/C22H21N5O4/c1-2-14-27-21(29)13-12-19(26-27)22(30)31-15-20(28)23-16-8-10-18(11-9-16)25-24-17-6-4-3-5-7-17/h3-13H,2,14-15H2,1H3,(H,23,28). The van der Waals surface area contributed by atoms with Crippen LogP contribution >= 0.6 is 0 Å². The molecule has 1 heterocycles. The molecule has 0 aliphatic heterocycles. The number of nitrogens with zero attached hydrogens (tertiary/aromatic N) is 4.